The molecule has 0 radical (unpaired) electrons. The van der Waals surface area contributed by atoms with Gasteiger partial charge in [0.05, 0.1) is 20.6 Å². The van der Waals surface area contributed by atoms with Crippen LogP contribution in [-0.4, -0.2) is 33.8 Å². The van der Waals surface area contributed by atoms with Crippen LogP contribution in [0.3, 0.4) is 0 Å². The Hall–Kier alpha value is -1.55. The highest BCUT2D eigenvalue weighted by Crippen LogP contribution is 2.27. The fourth-order valence-corrected chi connectivity index (χ4v) is 1.70. The third-order valence-electron chi connectivity index (χ3n) is 3.03. The molecule has 4 heteroatoms. The van der Waals surface area contributed by atoms with Gasteiger partial charge in [0.1, 0.15) is 11.4 Å². The molecule has 0 atom stereocenters. The number of benzene rings is 1. The highest BCUT2D eigenvalue weighted by Gasteiger charge is 2.19. The summed E-state index contributed by atoms with van der Waals surface area (Å²) in [5, 5.41) is 2.42. The van der Waals surface area contributed by atoms with Crippen molar-refractivity contribution in [3.8, 4) is 5.75 Å². The minimum atomic E-state index is -0.443. The van der Waals surface area contributed by atoms with E-state index >= 15 is 0 Å². The van der Waals surface area contributed by atoms with E-state index in [2.05, 4.69) is 26.3 Å². The van der Waals surface area contributed by atoms with Crippen molar-refractivity contribution in [2.75, 3.05) is 27.7 Å². The maximum Gasteiger partial charge on any atom is 0.412 e. The molecule has 0 unspecified atom stereocenters. The number of ether oxygens (including phenoxy) is 1. The van der Waals surface area contributed by atoms with Crippen LogP contribution >= 0.6 is 0 Å². The summed E-state index contributed by atoms with van der Waals surface area (Å²) in [5.74, 6) is 0.571. The first-order valence-corrected chi connectivity index (χ1v) is 5.74. The van der Waals surface area contributed by atoms with Crippen LogP contribution in [0.2, 0.25) is 0 Å². The molecule has 1 aromatic carbocycles. The third-order valence-corrected chi connectivity index (χ3v) is 3.03. The monoisotopic (exact) mass is 237 g/mol. The number of quaternary nitrogens is 1. The van der Waals surface area contributed by atoms with E-state index in [1.54, 1.807) is 7.05 Å². The van der Waals surface area contributed by atoms with Crippen LogP contribution in [0.5, 0.6) is 5.75 Å². The Morgan fingerprint density at radius 2 is 2.06 bits per heavy atom. The molecule has 0 heterocycles. The molecular formula is C13H21N2O2+. The summed E-state index contributed by atoms with van der Waals surface area (Å²) in [4.78, 5) is 11.1. The summed E-state index contributed by atoms with van der Waals surface area (Å²) in [7, 11) is 5.85. The van der Waals surface area contributed by atoms with Crippen LogP contribution in [0, 0.1) is 6.92 Å². The van der Waals surface area contributed by atoms with Gasteiger partial charge < -0.3 is 10.1 Å². The summed E-state index contributed by atoms with van der Waals surface area (Å²) in [5.41, 5.74) is 2.36. The molecule has 1 amide bonds. The predicted molar refractivity (Wildman–Crippen MR) is 70.4 cm³/mol. The van der Waals surface area contributed by atoms with E-state index in [1.807, 2.05) is 25.1 Å². The molecule has 0 spiro atoms. The van der Waals surface area contributed by atoms with Crippen molar-refractivity contribution in [3.63, 3.8) is 0 Å². The van der Waals surface area contributed by atoms with Gasteiger partial charge in [-0.15, -0.1) is 0 Å². The zero-order valence-corrected chi connectivity index (χ0v) is 11.2. The molecule has 1 rings (SSSR count). The van der Waals surface area contributed by atoms with Gasteiger partial charge in [-0.05, 0) is 26.0 Å². The molecule has 0 fully saturated rings. The van der Waals surface area contributed by atoms with Gasteiger partial charge in [-0.25, -0.2) is 4.79 Å². The van der Waals surface area contributed by atoms with E-state index in [4.69, 9.17) is 4.74 Å². The second kappa shape index (κ2) is 5.19. The van der Waals surface area contributed by atoms with Crippen LogP contribution in [0.4, 0.5) is 10.5 Å². The van der Waals surface area contributed by atoms with Crippen molar-refractivity contribution in [2.24, 2.45) is 0 Å². The molecule has 0 aliphatic heterocycles. The summed E-state index contributed by atoms with van der Waals surface area (Å²) in [6.45, 7) is 5.19. The second-order valence-electron chi connectivity index (χ2n) is 4.59. The van der Waals surface area contributed by atoms with Gasteiger partial charge in [0.15, 0.2) is 0 Å². The Labute approximate surface area is 103 Å². The Balaban J connectivity index is 2.98. The number of rotatable bonds is 3. The standard InChI is InChI=1S/C13H20N2O2/c1-6-15(4,5)12-8-7-11(9-10(12)2)17-13(16)14-3/h7-9H,6H2,1-5H3/p+1. The molecule has 94 valence electrons. The molecule has 0 aliphatic carbocycles. The topological polar surface area (TPSA) is 38.3 Å². The molecule has 0 bridgehead atoms. The van der Waals surface area contributed by atoms with Gasteiger partial charge in [0.25, 0.3) is 0 Å². The Bertz CT molecular complexity index is 414. The fourth-order valence-electron chi connectivity index (χ4n) is 1.70. The minimum absolute atomic E-state index is 0.443. The number of nitrogens with one attached hydrogen (secondary N) is 1. The summed E-state index contributed by atoms with van der Waals surface area (Å²) in [6, 6.07) is 5.73. The number of hydrogen-bond acceptors (Lipinski definition) is 2. The van der Waals surface area contributed by atoms with Gasteiger partial charge in [-0.2, -0.15) is 0 Å². The maximum atomic E-state index is 11.1. The summed E-state index contributed by atoms with van der Waals surface area (Å²) >= 11 is 0. The Morgan fingerprint density at radius 1 is 1.41 bits per heavy atom. The van der Waals surface area contributed by atoms with Gasteiger partial charge in [-0.3, -0.25) is 4.48 Å². The highest BCUT2D eigenvalue weighted by atomic mass is 16.5. The average Bonchev–Trinajstić information content (AvgIpc) is 2.28. The van der Waals surface area contributed by atoms with Crippen LogP contribution < -0.4 is 14.5 Å². The summed E-state index contributed by atoms with van der Waals surface area (Å²) in [6.07, 6.45) is -0.443. The smallest absolute Gasteiger partial charge is 0.410 e. The lowest BCUT2D eigenvalue weighted by Crippen LogP contribution is -2.40. The predicted octanol–water partition coefficient (Wildman–Crippen LogP) is 2.30. The summed E-state index contributed by atoms with van der Waals surface area (Å²) < 4.78 is 5.90. The fraction of sp³-hybridized carbons (Fsp3) is 0.462. The van der Waals surface area contributed by atoms with E-state index in [1.165, 1.54) is 5.69 Å². The zero-order valence-electron chi connectivity index (χ0n) is 11.2. The van der Waals surface area contributed by atoms with Crippen LogP contribution in [0.1, 0.15) is 12.5 Å². The molecular weight excluding hydrogens is 216 g/mol. The second-order valence-corrected chi connectivity index (χ2v) is 4.59. The van der Waals surface area contributed by atoms with Crippen molar-refractivity contribution >= 4 is 11.8 Å². The van der Waals surface area contributed by atoms with Crippen molar-refractivity contribution < 1.29 is 9.53 Å². The van der Waals surface area contributed by atoms with Gasteiger partial charge in [-0.1, -0.05) is 0 Å². The van der Waals surface area contributed by atoms with E-state index in [-0.39, 0.29) is 0 Å². The number of nitrogens with zero attached hydrogens (tertiary/aromatic N) is 1. The quantitative estimate of drug-likeness (QED) is 0.819. The molecule has 17 heavy (non-hydrogen) atoms. The molecule has 0 aliphatic rings. The van der Waals surface area contributed by atoms with E-state index in [0.717, 1.165) is 16.6 Å². The first-order valence-electron chi connectivity index (χ1n) is 5.74. The van der Waals surface area contributed by atoms with E-state index in [0.29, 0.717) is 5.75 Å². The normalized spacial score (nSPS) is 11.1. The lowest BCUT2D eigenvalue weighted by Gasteiger charge is -2.29. The molecule has 4 nitrogen and oxygen atoms in total. The van der Waals surface area contributed by atoms with Crippen LogP contribution in [0.15, 0.2) is 18.2 Å². The minimum Gasteiger partial charge on any atom is -0.410 e. The number of hydrogen-bond donors (Lipinski definition) is 1. The van der Waals surface area contributed by atoms with Gasteiger partial charge in [0, 0.05) is 18.7 Å². The number of carbonyl (C=O) groups is 1. The number of amides is 1. The van der Waals surface area contributed by atoms with E-state index < -0.39 is 6.09 Å². The highest BCUT2D eigenvalue weighted by molar-refractivity contribution is 5.70. The molecule has 1 N–H and O–H groups in total. The molecule has 0 saturated heterocycles. The van der Waals surface area contributed by atoms with Crippen molar-refractivity contribution in [3.05, 3.63) is 23.8 Å². The van der Waals surface area contributed by atoms with Gasteiger partial charge in [0.2, 0.25) is 0 Å². The first kappa shape index (κ1) is 13.5. The number of aryl methyl sites for hydroxylation is 1. The maximum absolute atomic E-state index is 11.1. The van der Waals surface area contributed by atoms with Crippen molar-refractivity contribution in [1.82, 2.24) is 9.80 Å². The van der Waals surface area contributed by atoms with Crippen LogP contribution in [-0.2, 0) is 0 Å². The Morgan fingerprint density at radius 3 is 2.53 bits per heavy atom. The van der Waals surface area contributed by atoms with E-state index in [9.17, 15) is 4.79 Å². The SMILES string of the molecule is CC[N+](C)(C)c1ccc(OC(=O)NC)cc1C. The van der Waals surface area contributed by atoms with Crippen LogP contribution in [0.25, 0.3) is 0 Å². The first-order chi connectivity index (χ1) is 7.90. The largest absolute Gasteiger partial charge is 0.412 e. The third kappa shape index (κ3) is 3.20. The molecule has 1 aromatic rings. The molecule has 0 saturated carbocycles. The lowest BCUT2D eigenvalue weighted by atomic mass is 10.1. The van der Waals surface area contributed by atoms with Crippen molar-refractivity contribution in [2.45, 2.75) is 13.8 Å². The number of carbonyl (C=O) groups excluding carboxylic acids is 1. The van der Waals surface area contributed by atoms with Gasteiger partial charge >= 0.3 is 6.09 Å². The zero-order chi connectivity index (χ0) is 13.1. The molecule has 0 aromatic heterocycles. The average molecular weight is 237 g/mol. The lowest BCUT2D eigenvalue weighted by molar-refractivity contribution is 0.203. The Kier molecular flexibility index (Phi) is 4.12. The van der Waals surface area contributed by atoms with Crippen molar-refractivity contribution in [1.29, 1.82) is 0 Å².